The minimum absolute atomic E-state index is 0.107. The topological polar surface area (TPSA) is 91.3 Å². The number of phenolic OH excluding ortho intramolecular Hbond substituents is 1. The number of rotatable bonds is 9. The van der Waals surface area contributed by atoms with Crippen LogP contribution in [-0.4, -0.2) is 36.9 Å². The maximum Gasteiger partial charge on any atom is 0.344 e. The lowest BCUT2D eigenvalue weighted by atomic mass is 9.96. The zero-order valence-corrected chi connectivity index (χ0v) is 16.5. The van der Waals surface area contributed by atoms with Crippen LogP contribution >= 0.6 is 0 Å². The fraction of sp³-hybridized carbons (Fsp3) is 0.364. The summed E-state index contributed by atoms with van der Waals surface area (Å²) in [6.45, 7) is 4.23. The molecular weight excluding hydrogens is 376 g/mol. The predicted octanol–water partition coefficient (Wildman–Crippen LogP) is 3.85. The average Bonchev–Trinajstić information content (AvgIpc) is 3.10. The molecule has 154 valence electrons. The van der Waals surface area contributed by atoms with Crippen molar-refractivity contribution in [3.63, 3.8) is 0 Å². The van der Waals surface area contributed by atoms with Crippen LogP contribution in [0.3, 0.4) is 0 Å². The second kappa shape index (κ2) is 9.32. The van der Waals surface area contributed by atoms with Gasteiger partial charge in [0.1, 0.15) is 6.61 Å². The second-order valence-corrected chi connectivity index (χ2v) is 6.49. The first kappa shape index (κ1) is 20.5. The third-order valence-corrected chi connectivity index (χ3v) is 4.51. The van der Waals surface area contributed by atoms with Crippen LogP contribution < -0.4 is 9.47 Å². The number of hydrogen-bond acceptors (Lipinski definition) is 7. The number of cyclic esters (lactones) is 1. The molecule has 2 aromatic rings. The van der Waals surface area contributed by atoms with Crippen LogP contribution in [0.2, 0.25) is 0 Å². The van der Waals surface area contributed by atoms with E-state index in [9.17, 15) is 14.7 Å². The molecule has 1 heterocycles. The van der Waals surface area contributed by atoms with E-state index in [1.54, 1.807) is 25.1 Å². The van der Waals surface area contributed by atoms with Gasteiger partial charge in [0, 0.05) is 11.1 Å². The zero-order chi connectivity index (χ0) is 20.8. The summed E-state index contributed by atoms with van der Waals surface area (Å²) in [5.74, 6) is -0.647. The number of phenols is 1. The molecular formula is C22H24O7. The Kier molecular flexibility index (Phi) is 6.59. The maximum atomic E-state index is 12.0. The van der Waals surface area contributed by atoms with Gasteiger partial charge in [0.15, 0.2) is 18.1 Å². The number of aromatic hydroxyl groups is 1. The number of fused-ring (bicyclic) bond motifs is 1. The normalized spacial score (nSPS) is 12.3. The maximum absolute atomic E-state index is 12.0. The summed E-state index contributed by atoms with van der Waals surface area (Å²) < 4.78 is 21.6. The molecule has 3 rings (SSSR count). The fourth-order valence-corrected chi connectivity index (χ4v) is 3.10. The van der Waals surface area contributed by atoms with Crippen LogP contribution in [0.1, 0.15) is 42.6 Å². The number of hydrogen-bond donors (Lipinski definition) is 1. The standard InChI is InChI=1S/C22H24O7/c1-3-5-11-27-19(24)13-28-20-15(9-10-18(23)21(20)26-4-2)14-7-6-8-16-17(14)12-29-22(16)25/h6-10,23H,3-5,11-13H2,1-2H3. The van der Waals surface area contributed by atoms with Gasteiger partial charge in [0.2, 0.25) is 5.75 Å². The number of carbonyl (C=O) groups is 2. The summed E-state index contributed by atoms with van der Waals surface area (Å²) >= 11 is 0. The van der Waals surface area contributed by atoms with Crippen molar-refractivity contribution >= 4 is 11.9 Å². The highest BCUT2D eigenvalue weighted by atomic mass is 16.6. The molecule has 7 heteroatoms. The fourth-order valence-electron chi connectivity index (χ4n) is 3.10. The molecule has 0 atom stereocenters. The molecule has 1 aliphatic heterocycles. The number of carbonyl (C=O) groups excluding carboxylic acids is 2. The Morgan fingerprint density at radius 1 is 1.07 bits per heavy atom. The summed E-state index contributed by atoms with van der Waals surface area (Å²) in [5.41, 5.74) is 2.51. The Balaban J connectivity index is 1.97. The quantitative estimate of drug-likeness (QED) is 0.505. The molecule has 0 amide bonds. The number of benzene rings is 2. The summed E-state index contributed by atoms with van der Waals surface area (Å²) in [5, 5.41) is 10.3. The van der Waals surface area contributed by atoms with E-state index in [-0.39, 0.29) is 36.4 Å². The van der Waals surface area contributed by atoms with Gasteiger partial charge in [-0.3, -0.25) is 0 Å². The van der Waals surface area contributed by atoms with Crippen LogP contribution in [0.5, 0.6) is 17.2 Å². The molecule has 2 aromatic carbocycles. The number of unbranched alkanes of at least 4 members (excludes halogenated alkanes) is 1. The lowest BCUT2D eigenvalue weighted by molar-refractivity contribution is -0.146. The van der Waals surface area contributed by atoms with Crippen molar-refractivity contribution in [3.8, 4) is 28.4 Å². The molecule has 0 aromatic heterocycles. The lowest BCUT2D eigenvalue weighted by Gasteiger charge is -2.18. The molecule has 29 heavy (non-hydrogen) atoms. The molecule has 7 nitrogen and oxygen atoms in total. The van der Waals surface area contributed by atoms with Crippen molar-refractivity contribution in [1.82, 2.24) is 0 Å². The summed E-state index contributed by atoms with van der Waals surface area (Å²) in [4.78, 5) is 23.9. The van der Waals surface area contributed by atoms with E-state index in [2.05, 4.69) is 0 Å². The minimum atomic E-state index is -0.507. The number of esters is 2. The zero-order valence-electron chi connectivity index (χ0n) is 16.5. The van der Waals surface area contributed by atoms with Crippen molar-refractivity contribution in [2.75, 3.05) is 19.8 Å². The van der Waals surface area contributed by atoms with E-state index in [1.807, 2.05) is 13.0 Å². The van der Waals surface area contributed by atoms with Gasteiger partial charge in [-0.1, -0.05) is 25.5 Å². The molecule has 0 bridgehead atoms. The van der Waals surface area contributed by atoms with Gasteiger partial charge in [0.25, 0.3) is 0 Å². The second-order valence-electron chi connectivity index (χ2n) is 6.49. The van der Waals surface area contributed by atoms with Crippen LogP contribution in [0.25, 0.3) is 11.1 Å². The lowest BCUT2D eigenvalue weighted by Crippen LogP contribution is -2.16. The van der Waals surface area contributed by atoms with E-state index in [1.165, 1.54) is 6.07 Å². The van der Waals surface area contributed by atoms with Crippen LogP contribution in [0.15, 0.2) is 30.3 Å². The first-order valence-electron chi connectivity index (χ1n) is 9.63. The Bertz CT molecular complexity index is 904. The first-order chi connectivity index (χ1) is 14.1. The molecule has 0 aliphatic carbocycles. The molecule has 0 saturated heterocycles. The van der Waals surface area contributed by atoms with E-state index >= 15 is 0 Å². The smallest absolute Gasteiger partial charge is 0.344 e. The Labute approximate surface area is 169 Å². The highest BCUT2D eigenvalue weighted by molar-refractivity contribution is 5.96. The van der Waals surface area contributed by atoms with Gasteiger partial charge in [-0.2, -0.15) is 0 Å². The number of ether oxygens (including phenoxy) is 4. The van der Waals surface area contributed by atoms with Crippen LogP contribution in [-0.2, 0) is 20.9 Å². The van der Waals surface area contributed by atoms with Crippen LogP contribution in [0.4, 0.5) is 0 Å². The van der Waals surface area contributed by atoms with Gasteiger partial charge < -0.3 is 24.1 Å². The monoisotopic (exact) mass is 400 g/mol. The van der Waals surface area contributed by atoms with Gasteiger partial charge in [0.05, 0.1) is 18.8 Å². The molecule has 0 saturated carbocycles. The molecule has 1 aliphatic rings. The van der Waals surface area contributed by atoms with Crippen molar-refractivity contribution in [3.05, 3.63) is 41.5 Å². The van der Waals surface area contributed by atoms with E-state index in [0.717, 1.165) is 18.4 Å². The van der Waals surface area contributed by atoms with Crippen LogP contribution in [0, 0.1) is 0 Å². The van der Waals surface area contributed by atoms with E-state index in [4.69, 9.17) is 18.9 Å². The molecule has 0 spiro atoms. The van der Waals surface area contributed by atoms with Gasteiger partial charge in [-0.25, -0.2) is 9.59 Å². The summed E-state index contributed by atoms with van der Waals surface area (Å²) in [6.07, 6.45) is 1.69. The average molecular weight is 400 g/mol. The van der Waals surface area contributed by atoms with E-state index in [0.29, 0.717) is 29.9 Å². The minimum Gasteiger partial charge on any atom is -0.504 e. The molecule has 1 N–H and O–H groups in total. The van der Waals surface area contributed by atoms with Crippen molar-refractivity contribution < 1.29 is 33.6 Å². The molecule has 0 radical (unpaired) electrons. The van der Waals surface area contributed by atoms with Gasteiger partial charge >= 0.3 is 11.9 Å². The van der Waals surface area contributed by atoms with Gasteiger partial charge in [-0.15, -0.1) is 0 Å². The SMILES string of the molecule is CCCCOC(=O)COc1c(-c2cccc3c2COC3=O)ccc(O)c1OCC. The molecule has 0 unspecified atom stereocenters. The first-order valence-corrected chi connectivity index (χ1v) is 9.63. The van der Waals surface area contributed by atoms with E-state index < -0.39 is 5.97 Å². The highest BCUT2D eigenvalue weighted by Crippen LogP contribution is 2.46. The van der Waals surface area contributed by atoms with Crippen molar-refractivity contribution in [2.45, 2.75) is 33.3 Å². The third kappa shape index (κ3) is 4.45. The largest absolute Gasteiger partial charge is 0.504 e. The summed E-state index contributed by atoms with van der Waals surface area (Å²) in [6, 6.07) is 8.42. The van der Waals surface area contributed by atoms with Crippen molar-refractivity contribution in [1.29, 1.82) is 0 Å². The predicted molar refractivity (Wildman–Crippen MR) is 105 cm³/mol. The Morgan fingerprint density at radius 2 is 1.86 bits per heavy atom. The Hall–Kier alpha value is -3.22. The Morgan fingerprint density at radius 3 is 2.62 bits per heavy atom. The summed E-state index contributed by atoms with van der Waals surface area (Å²) in [7, 11) is 0. The van der Waals surface area contributed by atoms with Crippen molar-refractivity contribution in [2.24, 2.45) is 0 Å². The third-order valence-electron chi connectivity index (χ3n) is 4.51. The molecule has 0 fully saturated rings. The van der Waals surface area contributed by atoms with Gasteiger partial charge in [-0.05, 0) is 37.1 Å². The highest BCUT2D eigenvalue weighted by Gasteiger charge is 2.27.